The highest BCUT2D eigenvalue weighted by molar-refractivity contribution is 5.89. The van der Waals surface area contributed by atoms with Gasteiger partial charge in [-0.2, -0.15) is 0 Å². The van der Waals surface area contributed by atoms with Crippen LogP contribution < -0.4 is 10.1 Å². The minimum absolute atomic E-state index is 0.0479. The molecular formula is C19H21N3O3. The highest BCUT2D eigenvalue weighted by Crippen LogP contribution is 2.19. The molecule has 2 amide bonds. The number of amides is 2. The van der Waals surface area contributed by atoms with Gasteiger partial charge in [0.15, 0.2) is 0 Å². The Balaban J connectivity index is 1.50. The molecule has 25 heavy (non-hydrogen) atoms. The molecule has 1 aliphatic rings. The Labute approximate surface area is 146 Å². The van der Waals surface area contributed by atoms with Gasteiger partial charge in [-0.25, -0.2) is 4.98 Å². The third kappa shape index (κ3) is 4.35. The molecule has 130 valence electrons. The van der Waals surface area contributed by atoms with Crippen LogP contribution in [0, 0.1) is 5.92 Å². The molecule has 0 aliphatic carbocycles. The number of pyridine rings is 1. The summed E-state index contributed by atoms with van der Waals surface area (Å²) in [6.07, 6.45) is 1.97. The maximum atomic E-state index is 12.2. The number of carbonyl (C=O) groups excluding carboxylic acids is 2. The molecule has 1 aromatic heterocycles. The van der Waals surface area contributed by atoms with E-state index < -0.39 is 0 Å². The number of likely N-dealkylation sites (tertiary alicyclic amines) is 1. The van der Waals surface area contributed by atoms with Crippen molar-refractivity contribution in [2.45, 2.75) is 19.9 Å². The Bertz CT molecular complexity index is 731. The maximum absolute atomic E-state index is 12.2. The highest BCUT2D eigenvalue weighted by Gasteiger charge is 2.33. The molecule has 3 rings (SSSR count). The SMILES string of the molecule is CCN1C[C@H](C(=O)NCc2ccc(Oc3ccccc3)nc2)CC1=O. The normalized spacial score (nSPS) is 16.8. The average Bonchev–Trinajstić information content (AvgIpc) is 3.03. The number of nitrogens with zero attached hydrogens (tertiary/aromatic N) is 2. The molecule has 6 heteroatoms. The number of nitrogens with one attached hydrogen (secondary N) is 1. The van der Waals surface area contributed by atoms with E-state index in [4.69, 9.17) is 4.74 Å². The van der Waals surface area contributed by atoms with Crippen molar-refractivity contribution < 1.29 is 14.3 Å². The number of para-hydroxylation sites is 1. The summed E-state index contributed by atoms with van der Waals surface area (Å²) in [6, 6.07) is 13.1. The van der Waals surface area contributed by atoms with Crippen LogP contribution in [0.1, 0.15) is 18.9 Å². The van der Waals surface area contributed by atoms with Crippen LogP contribution in [0.2, 0.25) is 0 Å². The van der Waals surface area contributed by atoms with Crippen molar-refractivity contribution in [3.05, 3.63) is 54.2 Å². The largest absolute Gasteiger partial charge is 0.439 e. The summed E-state index contributed by atoms with van der Waals surface area (Å²) in [6.45, 7) is 3.45. The fourth-order valence-electron chi connectivity index (χ4n) is 2.77. The maximum Gasteiger partial charge on any atom is 0.225 e. The number of aromatic nitrogens is 1. The molecule has 0 unspecified atom stereocenters. The van der Waals surface area contributed by atoms with E-state index in [-0.39, 0.29) is 17.7 Å². The number of benzene rings is 1. The van der Waals surface area contributed by atoms with E-state index in [0.717, 1.165) is 11.3 Å². The van der Waals surface area contributed by atoms with E-state index in [1.54, 1.807) is 17.2 Å². The topological polar surface area (TPSA) is 71.5 Å². The number of hydrogen-bond acceptors (Lipinski definition) is 4. The molecule has 0 saturated carbocycles. The van der Waals surface area contributed by atoms with E-state index >= 15 is 0 Å². The fourth-order valence-corrected chi connectivity index (χ4v) is 2.77. The lowest BCUT2D eigenvalue weighted by molar-refractivity contribution is -0.128. The van der Waals surface area contributed by atoms with Crippen molar-refractivity contribution in [3.8, 4) is 11.6 Å². The van der Waals surface area contributed by atoms with Gasteiger partial charge >= 0.3 is 0 Å². The molecule has 6 nitrogen and oxygen atoms in total. The third-order valence-electron chi connectivity index (χ3n) is 4.20. The third-order valence-corrected chi connectivity index (χ3v) is 4.20. The average molecular weight is 339 g/mol. The predicted octanol–water partition coefficient (Wildman–Crippen LogP) is 2.36. The molecule has 1 saturated heterocycles. The summed E-state index contributed by atoms with van der Waals surface area (Å²) in [5.41, 5.74) is 0.880. The van der Waals surface area contributed by atoms with Crippen LogP contribution in [0.4, 0.5) is 0 Å². The summed E-state index contributed by atoms with van der Waals surface area (Å²) in [5.74, 6) is 0.922. The predicted molar refractivity (Wildman–Crippen MR) is 93.0 cm³/mol. The molecular weight excluding hydrogens is 318 g/mol. The van der Waals surface area contributed by atoms with Gasteiger partial charge in [0.1, 0.15) is 5.75 Å². The smallest absolute Gasteiger partial charge is 0.225 e. The van der Waals surface area contributed by atoms with Gasteiger partial charge in [-0.3, -0.25) is 9.59 Å². The first-order valence-electron chi connectivity index (χ1n) is 8.39. The van der Waals surface area contributed by atoms with Gasteiger partial charge in [0.25, 0.3) is 0 Å². The van der Waals surface area contributed by atoms with Gasteiger partial charge in [0, 0.05) is 38.3 Å². The van der Waals surface area contributed by atoms with Crippen molar-refractivity contribution in [2.24, 2.45) is 5.92 Å². The molecule has 2 aromatic rings. The fraction of sp³-hybridized carbons (Fsp3) is 0.316. The number of ether oxygens (including phenoxy) is 1. The zero-order valence-corrected chi connectivity index (χ0v) is 14.1. The first-order chi connectivity index (χ1) is 12.2. The van der Waals surface area contributed by atoms with E-state index in [1.165, 1.54) is 0 Å². The van der Waals surface area contributed by atoms with Gasteiger partial charge in [-0.05, 0) is 24.6 Å². The summed E-state index contributed by atoms with van der Waals surface area (Å²) in [5, 5.41) is 2.88. The molecule has 2 heterocycles. The zero-order valence-electron chi connectivity index (χ0n) is 14.1. The molecule has 1 aliphatic heterocycles. The molecule has 0 radical (unpaired) electrons. The van der Waals surface area contributed by atoms with Gasteiger partial charge < -0.3 is 15.0 Å². The Morgan fingerprint density at radius 3 is 2.72 bits per heavy atom. The van der Waals surface area contributed by atoms with Crippen LogP contribution >= 0.6 is 0 Å². The number of carbonyl (C=O) groups is 2. The van der Waals surface area contributed by atoms with E-state index in [9.17, 15) is 9.59 Å². The van der Waals surface area contributed by atoms with E-state index in [1.807, 2.05) is 43.3 Å². The Morgan fingerprint density at radius 1 is 1.28 bits per heavy atom. The Hall–Kier alpha value is -2.89. The van der Waals surface area contributed by atoms with E-state index in [0.29, 0.717) is 31.9 Å². The molecule has 1 fully saturated rings. The second kappa shape index (κ2) is 7.79. The van der Waals surface area contributed by atoms with Gasteiger partial charge in [0.05, 0.1) is 5.92 Å². The van der Waals surface area contributed by atoms with Crippen LogP contribution in [0.3, 0.4) is 0 Å². The summed E-state index contributed by atoms with van der Waals surface area (Å²) >= 11 is 0. The minimum Gasteiger partial charge on any atom is -0.439 e. The van der Waals surface area contributed by atoms with Crippen LogP contribution in [-0.2, 0) is 16.1 Å². The van der Waals surface area contributed by atoms with Crippen molar-refractivity contribution in [2.75, 3.05) is 13.1 Å². The standard InChI is InChI=1S/C19H21N3O3/c1-2-22-13-15(10-18(22)23)19(24)21-12-14-8-9-17(20-11-14)25-16-6-4-3-5-7-16/h3-9,11,15H,2,10,12-13H2,1H3,(H,21,24)/t15-/m1/s1. The van der Waals surface area contributed by atoms with Crippen molar-refractivity contribution >= 4 is 11.8 Å². The van der Waals surface area contributed by atoms with Crippen molar-refractivity contribution in [3.63, 3.8) is 0 Å². The lowest BCUT2D eigenvalue weighted by Crippen LogP contribution is -2.32. The molecule has 1 N–H and O–H groups in total. The lowest BCUT2D eigenvalue weighted by atomic mass is 10.1. The first kappa shape index (κ1) is 17.0. The van der Waals surface area contributed by atoms with Crippen LogP contribution in [0.25, 0.3) is 0 Å². The highest BCUT2D eigenvalue weighted by atomic mass is 16.5. The Morgan fingerprint density at radius 2 is 2.08 bits per heavy atom. The summed E-state index contributed by atoms with van der Waals surface area (Å²) in [4.78, 5) is 29.9. The van der Waals surface area contributed by atoms with Crippen LogP contribution in [-0.4, -0.2) is 34.8 Å². The molecule has 0 bridgehead atoms. The van der Waals surface area contributed by atoms with Gasteiger partial charge in [-0.1, -0.05) is 24.3 Å². The first-order valence-corrected chi connectivity index (χ1v) is 8.39. The molecule has 0 spiro atoms. The number of rotatable bonds is 6. The molecule has 1 aromatic carbocycles. The second-order valence-electron chi connectivity index (χ2n) is 5.97. The number of hydrogen-bond donors (Lipinski definition) is 1. The Kier molecular flexibility index (Phi) is 5.28. The van der Waals surface area contributed by atoms with Crippen molar-refractivity contribution in [1.82, 2.24) is 15.2 Å². The van der Waals surface area contributed by atoms with Crippen LogP contribution in [0.5, 0.6) is 11.6 Å². The van der Waals surface area contributed by atoms with Crippen molar-refractivity contribution in [1.29, 1.82) is 0 Å². The van der Waals surface area contributed by atoms with Gasteiger partial charge in [0.2, 0.25) is 17.7 Å². The van der Waals surface area contributed by atoms with Crippen LogP contribution in [0.15, 0.2) is 48.7 Å². The quantitative estimate of drug-likeness (QED) is 0.877. The minimum atomic E-state index is -0.263. The lowest BCUT2D eigenvalue weighted by Gasteiger charge is -2.13. The summed E-state index contributed by atoms with van der Waals surface area (Å²) in [7, 11) is 0. The van der Waals surface area contributed by atoms with Gasteiger partial charge in [-0.15, -0.1) is 0 Å². The summed E-state index contributed by atoms with van der Waals surface area (Å²) < 4.78 is 5.63. The molecule has 1 atom stereocenters. The monoisotopic (exact) mass is 339 g/mol. The second-order valence-corrected chi connectivity index (χ2v) is 5.97. The van der Waals surface area contributed by atoms with E-state index in [2.05, 4.69) is 10.3 Å². The zero-order chi connectivity index (χ0) is 17.6.